The summed E-state index contributed by atoms with van der Waals surface area (Å²) in [5.74, 6) is 0.770. The fourth-order valence-corrected chi connectivity index (χ4v) is 4.08. The number of anilines is 1. The first-order valence-corrected chi connectivity index (χ1v) is 11.5. The van der Waals surface area contributed by atoms with E-state index >= 15 is 0 Å². The Balaban J connectivity index is 1.46. The molecular formula is C25H23N5O2S. The number of nitrogens with one attached hydrogen (secondary N) is 1. The zero-order chi connectivity index (χ0) is 23.0. The number of aromatic nitrogens is 4. The number of rotatable bonds is 9. The van der Waals surface area contributed by atoms with Crippen molar-refractivity contribution in [1.82, 2.24) is 19.7 Å². The number of pyridine rings is 1. The first-order valence-electron chi connectivity index (χ1n) is 10.5. The van der Waals surface area contributed by atoms with Crippen LogP contribution in [0.2, 0.25) is 0 Å². The number of carbonyl (C=O) groups is 2. The third kappa shape index (κ3) is 5.93. The summed E-state index contributed by atoms with van der Waals surface area (Å²) in [6.45, 7) is 2.20. The Kier molecular flexibility index (Phi) is 7.26. The predicted octanol–water partition coefficient (Wildman–Crippen LogP) is 4.52. The highest BCUT2D eigenvalue weighted by Crippen LogP contribution is 2.24. The second-order valence-corrected chi connectivity index (χ2v) is 8.34. The van der Waals surface area contributed by atoms with Gasteiger partial charge in [0.1, 0.15) is 0 Å². The minimum Gasteiger partial charge on any atom is -0.325 e. The molecule has 0 unspecified atom stereocenters. The third-order valence-corrected chi connectivity index (χ3v) is 6.00. The number of Topliss-reactive ketones (excluding diaryl/α,β-unsaturated/α-hetero) is 1. The Morgan fingerprint density at radius 3 is 2.36 bits per heavy atom. The first kappa shape index (κ1) is 22.4. The van der Waals surface area contributed by atoms with Gasteiger partial charge in [-0.3, -0.25) is 14.6 Å². The molecule has 4 aromatic rings. The maximum Gasteiger partial charge on any atom is 0.234 e. The number of hydrogen-bond acceptors (Lipinski definition) is 6. The number of aryl methyl sites for hydroxylation is 1. The lowest BCUT2D eigenvalue weighted by atomic mass is 10.1. The van der Waals surface area contributed by atoms with Gasteiger partial charge in [0.25, 0.3) is 0 Å². The summed E-state index contributed by atoms with van der Waals surface area (Å²) >= 11 is 1.34. The standard InChI is InChI=1S/C25H23N5O2S/c1-18(31)20-7-9-22(10-8-20)27-23(32)17-33-25-29-28-24(21-11-14-26-15-12-21)30(25)16-13-19-5-3-2-4-6-19/h2-12,14-15H,13,16-17H2,1H3,(H,27,32). The van der Waals surface area contributed by atoms with Gasteiger partial charge in [-0.1, -0.05) is 42.1 Å². The number of ketones is 1. The van der Waals surface area contributed by atoms with Gasteiger partial charge in [0.05, 0.1) is 5.75 Å². The van der Waals surface area contributed by atoms with Crippen LogP contribution < -0.4 is 5.32 Å². The normalized spacial score (nSPS) is 10.7. The fraction of sp³-hybridized carbons (Fsp3) is 0.160. The maximum absolute atomic E-state index is 12.5. The van der Waals surface area contributed by atoms with Crippen molar-refractivity contribution < 1.29 is 9.59 Å². The predicted molar refractivity (Wildman–Crippen MR) is 129 cm³/mol. The van der Waals surface area contributed by atoms with Gasteiger partial charge >= 0.3 is 0 Å². The largest absolute Gasteiger partial charge is 0.325 e. The summed E-state index contributed by atoms with van der Waals surface area (Å²) in [4.78, 5) is 28.0. The van der Waals surface area contributed by atoms with Crippen LogP contribution in [0.15, 0.2) is 84.3 Å². The van der Waals surface area contributed by atoms with E-state index < -0.39 is 0 Å². The number of nitrogens with zero attached hydrogens (tertiary/aromatic N) is 4. The van der Waals surface area contributed by atoms with E-state index in [0.717, 1.165) is 17.8 Å². The second kappa shape index (κ2) is 10.7. The van der Waals surface area contributed by atoms with Crippen molar-refractivity contribution in [1.29, 1.82) is 0 Å². The van der Waals surface area contributed by atoms with Crippen LogP contribution in [0, 0.1) is 0 Å². The number of thioether (sulfide) groups is 1. The molecule has 33 heavy (non-hydrogen) atoms. The summed E-state index contributed by atoms with van der Waals surface area (Å²) in [5, 5.41) is 12.3. The number of benzene rings is 2. The molecule has 0 aliphatic heterocycles. The average molecular weight is 458 g/mol. The summed E-state index contributed by atoms with van der Waals surface area (Å²) in [6, 6.07) is 20.9. The van der Waals surface area contributed by atoms with Crippen LogP contribution in [-0.4, -0.2) is 37.2 Å². The van der Waals surface area contributed by atoms with Crippen molar-refractivity contribution in [3.8, 4) is 11.4 Å². The van der Waals surface area contributed by atoms with Crippen LogP contribution in [-0.2, 0) is 17.8 Å². The monoisotopic (exact) mass is 457 g/mol. The Labute approximate surface area is 196 Å². The minimum absolute atomic E-state index is 0.0109. The van der Waals surface area contributed by atoms with E-state index in [0.29, 0.717) is 23.0 Å². The van der Waals surface area contributed by atoms with E-state index in [2.05, 4.69) is 32.6 Å². The SMILES string of the molecule is CC(=O)c1ccc(NC(=O)CSc2nnc(-c3ccncc3)n2CCc2ccccc2)cc1. The van der Waals surface area contributed by atoms with E-state index in [1.807, 2.05) is 34.9 Å². The third-order valence-electron chi connectivity index (χ3n) is 5.03. The van der Waals surface area contributed by atoms with E-state index in [1.165, 1.54) is 24.2 Å². The molecule has 0 atom stereocenters. The van der Waals surface area contributed by atoms with E-state index in [9.17, 15) is 9.59 Å². The van der Waals surface area contributed by atoms with Crippen LogP contribution in [0.3, 0.4) is 0 Å². The van der Waals surface area contributed by atoms with Gasteiger partial charge < -0.3 is 9.88 Å². The smallest absolute Gasteiger partial charge is 0.234 e. The van der Waals surface area contributed by atoms with Crippen molar-refractivity contribution in [2.45, 2.75) is 25.0 Å². The van der Waals surface area contributed by atoms with Gasteiger partial charge in [0, 0.05) is 35.8 Å². The molecule has 0 radical (unpaired) electrons. The van der Waals surface area contributed by atoms with E-state index in [1.54, 1.807) is 36.7 Å². The van der Waals surface area contributed by atoms with Crippen molar-refractivity contribution in [2.24, 2.45) is 0 Å². The van der Waals surface area contributed by atoms with Crippen molar-refractivity contribution in [3.05, 3.63) is 90.3 Å². The number of hydrogen-bond donors (Lipinski definition) is 1. The minimum atomic E-state index is -0.154. The topological polar surface area (TPSA) is 89.8 Å². The summed E-state index contributed by atoms with van der Waals surface area (Å²) < 4.78 is 2.04. The molecule has 0 aliphatic rings. The van der Waals surface area contributed by atoms with Crippen molar-refractivity contribution >= 4 is 29.1 Å². The van der Waals surface area contributed by atoms with Gasteiger partial charge in [-0.25, -0.2) is 0 Å². The molecule has 166 valence electrons. The summed E-state index contributed by atoms with van der Waals surface area (Å²) in [5.41, 5.74) is 3.40. The van der Waals surface area contributed by atoms with Crippen molar-refractivity contribution in [2.75, 3.05) is 11.1 Å². The maximum atomic E-state index is 12.5. The van der Waals surface area contributed by atoms with E-state index in [-0.39, 0.29) is 17.4 Å². The van der Waals surface area contributed by atoms with Gasteiger partial charge in [0.2, 0.25) is 5.91 Å². The molecule has 0 saturated heterocycles. The zero-order valence-corrected chi connectivity index (χ0v) is 19.0. The van der Waals surface area contributed by atoms with Gasteiger partial charge in [0.15, 0.2) is 16.8 Å². The fourth-order valence-electron chi connectivity index (χ4n) is 3.31. The van der Waals surface area contributed by atoms with Crippen LogP contribution in [0.4, 0.5) is 5.69 Å². The lowest BCUT2D eigenvalue weighted by Gasteiger charge is -2.11. The molecule has 1 amide bonds. The van der Waals surface area contributed by atoms with Crippen LogP contribution in [0.5, 0.6) is 0 Å². The number of amides is 1. The van der Waals surface area contributed by atoms with Gasteiger partial charge in [-0.15, -0.1) is 10.2 Å². The zero-order valence-electron chi connectivity index (χ0n) is 18.1. The highest BCUT2D eigenvalue weighted by atomic mass is 32.2. The second-order valence-electron chi connectivity index (χ2n) is 7.40. The molecule has 0 fully saturated rings. The Morgan fingerprint density at radius 1 is 0.939 bits per heavy atom. The van der Waals surface area contributed by atoms with E-state index in [4.69, 9.17) is 0 Å². The highest BCUT2D eigenvalue weighted by Gasteiger charge is 2.16. The van der Waals surface area contributed by atoms with Crippen LogP contribution in [0.1, 0.15) is 22.8 Å². The quantitative estimate of drug-likeness (QED) is 0.294. The molecular weight excluding hydrogens is 434 g/mol. The molecule has 0 bridgehead atoms. The van der Waals surface area contributed by atoms with Gasteiger partial charge in [-0.2, -0.15) is 0 Å². The first-order chi connectivity index (χ1) is 16.1. The molecule has 1 N–H and O–H groups in total. The van der Waals surface area contributed by atoms with Crippen LogP contribution >= 0.6 is 11.8 Å². The Morgan fingerprint density at radius 2 is 1.67 bits per heavy atom. The Hall–Kier alpha value is -3.78. The Bertz CT molecular complexity index is 1220. The molecule has 0 aliphatic carbocycles. The average Bonchev–Trinajstić information content (AvgIpc) is 3.26. The molecule has 2 heterocycles. The highest BCUT2D eigenvalue weighted by molar-refractivity contribution is 7.99. The van der Waals surface area contributed by atoms with Crippen molar-refractivity contribution in [3.63, 3.8) is 0 Å². The molecule has 0 saturated carbocycles. The summed E-state index contributed by atoms with van der Waals surface area (Å²) in [7, 11) is 0. The lowest BCUT2D eigenvalue weighted by molar-refractivity contribution is -0.113. The van der Waals surface area contributed by atoms with Crippen LogP contribution in [0.25, 0.3) is 11.4 Å². The molecule has 4 rings (SSSR count). The number of carbonyl (C=O) groups excluding carboxylic acids is 2. The molecule has 8 heteroatoms. The van der Waals surface area contributed by atoms with Gasteiger partial charge in [-0.05, 0) is 55.3 Å². The summed E-state index contributed by atoms with van der Waals surface area (Å²) in [6.07, 6.45) is 4.27. The lowest BCUT2D eigenvalue weighted by Crippen LogP contribution is -2.15. The molecule has 2 aromatic carbocycles. The molecule has 2 aromatic heterocycles. The molecule has 7 nitrogen and oxygen atoms in total. The molecule has 0 spiro atoms.